The lowest BCUT2D eigenvalue weighted by Crippen LogP contribution is -2.35. The first kappa shape index (κ1) is 13.6. The van der Waals surface area contributed by atoms with Crippen LogP contribution in [0.1, 0.15) is 38.3 Å². The van der Waals surface area contributed by atoms with Crippen LogP contribution >= 0.6 is 15.9 Å². The highest BCUT2D eigenvalue weighted by Crippen LogP contribution is 2.60. The van der Waals surface area contributed by atoms with Crippen molar-refractivity contribution < 1.29 is 0 Å². The molecule has 2 aliphatic rings. The summed E-state index contributed by atoms with van der Waals surface area (Å²) in [5, 5.41) is 3.65. The van der Waals surface area contributed by atoms with E-state index in [1.165, 1.54) is 37.9 Å². The predicted octanol–water partition coefficient (Wildman–Crippen LogP) is 3.80. The van der Waals surface area contributed by atoms with Crippen molar-refractivity contribution in [3.05, 3.63) is 28.5 Å². The van der Waals surface area contributed by atoms with Gasteiger partial charge in [-0.25, -0.2) is 0 Å². The van der Waals surface area contributed by atoms with Crippen LogP contribution in [0.5, 0.6) is 0 Å². The summed E-state index contributed by atoms with van der Waals surface area (Å²) in [5.41, 5.74) is 1.73. The minimum atomic E-state index is 0.476. The molecule has 2 fully saturated rings. The molecular weight excluding hydrogens is 300 g/mol. The Bertz CT molecular complexity index is 419. The van der Waals surface area contributed by atoms with E-state index in [1.807, 2.05) is 6.20 Å². The summed E-state index contributed by atoms with van der Waals surface area (Å²) < 4.78 is 1.07. The van der Waals surface area contributed by atoms with Crippen LogP contribution < -0.4 is 5.32 Å². The lowest BCUT2D eigenvalue weighted by molar-refractivity contribution is 0.246. The zero-order valence-electron chi connectivity index (χ0n) is 11.7. The van der Waals surface area contributed by atoms with Crippen molar-refractivity contribution in [3.8, 4) is 0 Å². The number of pyridine rings is 1. The summed E-state index contributed by atoms with van der Waals surface area (Å²) in [5.74, 6) is 2.05. The van der Waals surface area contributed by atoms with Crippen molar-refractivity contribution in [2.75, 3.05) is 13.1 Å². The first-order valence-electron chi connectivity index (χ1n) is 7.52. The van der Waals surface area contributed by atoms with Crippen LogP contribution in [0.25, 0.3) is 0 Å². The Morgan fingerprint density at radius 3 is 2.79 bits per heavy atom. The van der Waals surface area contributed by atoms with Gasteiger partial charge in [0.05, 0.1) is 0 Å². The Morgan fingerprint density at radius 2 is 2.16 bits per heavy atom. The van der Waals surface area contributed by atoms with Gasteiger partial charge < -0.3 is 5.32 Å². The summed E-state index contributed by atoms with van der Waals surface area (Å²) in [4.78, 5) is 4.58. The molecule has 2 aliphatic carbocycles. The first-order valence-corrected chi connectivity index (χ1v) is 8.31. The zero-order chi connectivity index (χ0) is 13.3. The maximum Gasteiger partial charge on any atom is 0.0413 e. The van der Waals surface area contributed by atoms with E-state index >= 15 is 0 Å². The van der Waals surface area contributed by atoms with Crippen LogP contribution in [0.3, 0.4) is 0 Å². The van der Waals surface area contributed by atoms with Gasteiger partial charge in [0.1, 0.15) is 0 Å². The maximum atomic E-state index is 4.58. The fourth-order valence-corrected chi connectivity index (χ4v) is 4.02. The van der Waals surface area contributed by atoms with E-state index in [1.54, 1.807) is 0 Å². The molecule has 2 unspecified atom stereocenters. The molecule has 1 heterocycles. The molecule has 2 nitrogen and oxygen atoms in total. The summed E-state index contributed by atoms with van der Waals surface area (Å²) >= 11 is 3.46. The number of hydrogen-bond donors (Lipinski definition) is 1. The van der Waals surface area contributed by atoms with Gasteiger partial charge >= 0.3 is 0 Å². The van der Waals surface area contributed by atoms with E-state index in [0.717, 1.165) is 29.3 Å². The van der Waals surface area contributed by atoms with E-state index in [9.17, 15) is 0 Å². The molecule has 104 valence electrons. The van der Waals surface area contributed by atoms with Crippen molar-refractivity contribution in [2.24, 2.45) is 17.3 Å². The molecule has 1 N–H and O–H groups in total. The molecule has 0 spiro atoms. The van der Waals surface area contributed by atoms with Gasteiger partial charge in [-0.2, -0.15) is 0 Å². The lowest BCUT2D eigenvalue weighted by Gasteiger charge is -2.31. The second kappa shape index (κ2) is 5.53. The Kier molecular flexibility index (Phi) is 3.95. The van der Waals surface area contributed by atoms with Crippen molar-refractivity contribution in [2.45, 2.75) is 39.0 Å². The monoisotopic (exact) mass is 322 g/mol. The van der Waals surface area contributed by atoms with Gasteiger partial charge in [-0.05, 0) is 84.0 Å². The average molecular weight is 323 g/mol. The number of aromatic nitrogens is 1. The maximum absolute atomic E-state index is 4.58. The minimum absolute atomic E-state index is 0.476. The second-order valence-corrected chi connectivity index (χ2v) is 7.40. The van der Waals surface area contributed by atoms with Crippen LogP contribution in [-0.2, 0) is 6.42 Å². The van der Waals surface area contributed by atoms with E-state index in [0.29, 0.717) is 5.41 Å². The van der Waals surface area contributed by atoms with Crippen LogP contribution in [0.15, 0.2) is 22.8 Å². The van der Waals surface area contributed by atoms with Gasteiger partial charge in [-0.15, -0.1) is 0 Å². The van der Waals surface area contributed by atoms with E-state index in [4.69, 9.17) is 0 Å². The number of halogens is 1. The molecule has 1 aromatic heterocycles. The normalized spacial score (nSPS) is 32.3. The number of nitrogens with one attached hydrogen (secondary N) is 1. The third kappa shape index (κ3) is 3.19. The molecule has 0 aromatic carbocycles. The van der Waals surface area contributed by atoms with Crippen molar-refractivity contribution >= 4 is 15.9 Å². The molecule has 0 radical (unpaired) electrons. The average Bonchev–Trinajstić information content (AvgIpc) is 3.01. The molecule has 0 amide bonds. The largest absolute Gasteiger partial charge is 0.316 e. The summed E-state index contributed by atoms with van der Waals surface area (Å²) in [6, 6.07) is 4.29. The highest BCUT2D eigenvalue weighted by Gasteiger charge is 2.53. The fourth-order valence-electron chi connectivity index (χ4n) is 3.78. The summed E-state index contributed by atoms with van der Waals surface area (Å²) in [6.07, 6.45) is 8.60. The minimum Gasteiger partial charge on any atom is -0.316 e. The Hall–Kier alpha value is -0.410. The topological polar surface area (TPSA) is 24.9 Å². The number of hydrogen-bond acceptors (Lipinski definition) is 2. The van der Waals surface area contributed by atoms with Crippen LogP contribution in [0.4, 0.5) is 0 Å². The molecule has 1 aromatic rings. The Balaban J connectivity index is 1.67. The molecule has 19 heavy (non-hydrogen) atoms. The van der Waals surface area contributed by atoms with Gasteiger partial charge in [0.25, 0.3) is 0 Å². The molecular formula is C16H23BrN2. The quantitative estimate of drug-likeness (QED) is 0.806. The molecule has 0 aliphatic heterocycles. The Morgan fingerprint density at radius 1 is 1.37 bits per heavy atom. The van der Waals surface area contributed by atoms with Gasteiger partial charge in [-0.3, -0.25) is 4.98 Å². The zero-order valence-corrected chi connectivity index (χ0v) is 13.2. The van der Waals surface area contributed by atoms with E-state index in [2.05, 4.69) is 45.3 Å². The van der Waals surface area contributed by atoms with E-state index < -0.39 is 0 Å². The second-order valence-electron chi connectivity index (χ2n) is 6.49. The smallest absolute Gasteiger partial charge is 0.0413 e. The Labute approximate surface area is 124 Å². The van der Waals surface area contributed by atoms with Crippen LogP contribution in [0.2, 0.25) is 0 Å². The first-order chi connectivity index (χ1) is 9.21. The van der Waals surface area contributed by atoms with Gasteiger partial charge in [0, 0.05) is 22.9 Å². The molecule has 3 rings (SSSR count). The van der Waals surface area contributed by atoms with E-state index in [-0.39, 0.29) is 0 Å². The number of nitrogens with zero attached hydrogens (tertiary/aromatic N) is 1. The summed E-state index contributed by atoms with van der Waals surface area (Å²) in [7, 11) is 0. The predicted molar refractivity (Wildman–Crippen MR) is 82.1 cm³/mol. The molecule has 0 bridgehead atoms. The van der Waals surface area contributed by atoms with Gasteiger partial charge in [-0.1, -0.05) is 6.92 Å². The fraction of sp³-hybridized carbons (Fsp3) is 0.688. The molecule has 2 saturated carbocycles. The van der Waals surface area contributed by atoms with Crippen molar-refractivity contribution in [3.63, 3.8) is 0 Å². The van der Waals surface area contributed by atoms with Crippen LogP contribution in [0, 0.1) is 17.3 Å². The number of fused-ring (bicyclic) bond motifs is 1. The van der Waals surface area contributed by atoms with Crippen molar-refractivity contribution in [1.82, 2.24) is 10.3 Å². The number of rotatable bonds is 6. The molecule has 0 saturated heterocycles. The van der Waals surface area contributed by atoms with Gasteiger partial charge in [0.2, 0.25) is 0 Å². The highest BCUT2D eigenvalue weighted by atomic mass is 79.9. The van der Waals surface area contributed by atoms with Gasteiger partial charge in [0.15, 0.2) is 0 Å². The molecule has 3 heteroatoms. The lowest BCUT2D eigenvalue weighted by atomic mass is 9.78. The van der Waals surface area contributed by atoms with Crippen molar-refractivity contribution in [1.29, 1.82) is 0 Å². The summed E-state index contributed by atoms with van der Waals surface area (Å²) in [6.45, 7) is 4.55. The SMILES string of the molecule is CCCNCC1(Cc2ccc(Br)cn2)CC2CC2C1. The third-order valence-corrected chi connectivity index (χ3v) is 5.20. The third-order valence-electron chi connectivity index (χ3n) is 4.73. The standard InChI is InChI=1S/C16H23BrN2/c1-2-5-18-11-16(7-12-6-13(12)8-16)9-15-4-3-14(17)10-19-15/h3-4,10,12-13,18H,2,5-9,11H2,1H3. The van der Waals surface area contributed by atoms with Crippen LogP contribution in [-0.4, -0.2) is 18.1 Å². The highest BCUT2D eigenvalue weighted by molar-refractivity contribution is 9.10. The molecule has 2 atom stereocenters.